The Hall–Kier alpha value is -2.13. The number of halogens is 1. The number of carbonyl (C=O) groups excluding carboxylic acids is 1. The summed E-state index contributed by atoms with van der Waals surface area (Å²) in [6.07, 6.45) is 0.0573. The Balaban J connectivity index is 1.64. The zero-order valence-corrected chi connectivity index (χ0v) is 14.9. The van der Waals surface area contributed by atoms with Crippen LogP contribution < -0.4 is 5.84 Å². The number of nitrogen functional groups attached to an aromatic ring is 1. The second-order valence-corrected chi connectivity index (χ2v) is 6.97. The van der Waals surface area contributed by atoms with Crippen LogP contribution in [0.25, 0.3) is 11.4 Å². The maximum Gasteiger partial charge on any atom is 0.233 e. The molecule has 2 N–H and O–H groups in total. The molecular weight excluding hydrogens is 345 g/mol. The van der Waals surface area contributed by atoms with Crippen LogP contribution in [0.15, 0.2) is 29.4 Å². The highest BCUT2D eigenvalue weighted by molar-refractivity contribution is 7.99. The zero-order valence-electron chi connectivity index (χ0n) is 14.1. The summed E-state index contributed by atoms with van der Waals surface area (Å²) in [5.74, 6) is 6.33. The van der Waals surface area contributed by atoms with Crippen molar-refractivity contribution in [1.82, 2.24) is 19.8 Å². The van der Waals surface area contributed by atoms with Crippen LogP contribution in [-0.2, 0) is 9.53 Å². The van der Waals surface area contributed by atoms with Crippen LogP contribution in [0.1, 0.15) is 13.8 Å². The molecular formula is C16H20FN5O2S. The smallest absolute Gasteiger partial charge is 0.233 e. The third kappa shape index (κ3) is 4.10. The van der Waals surface area contributed by atoms with E-state index in [4.69, 9.17) is 10.6 Å². The Morgan fingerprint density at radius 1 is 1.28 bits per heavy atom. The van der Waals surface area contributed by atoms with E-state index in [1.165, 1.54) is 28.6 Å². The van der Waals surface area contributed by atoms with Crippen LogP contribution in [0.5, 0.6) is 0 Å². The van der Waals surface area contributed by atoms with E-state index in [2.05, 4.69) is 10.2 Å². The highest BCUT2D eigenvalue weighted by Crippen LogP contribution is 2.22. The van der Waals surface area contributed by atoms with Crippen molar-refractivity contribution in [2.45, 2.75) is 31.2 Å². The molecule has 2 heterocycles. The minimum absolute atomic E-state index is 0.0123. The number of rotatable bonds is 4. The van der Waals surface area contributed by atoms with E-state index in [9.17, 15) is 9.18 Å². The number of morpholine rings is 1. The molecule has 1 aromatic carbocycles. The van der Waals surface area contributed by atoms with E-state index >= 15 is 0 Å². The van der Waals surface area contributed by atoms with Gasteiger partial charge in [0.15, 0.2) is 5.82 Å². The van der Waals surface area contributed by atoms with Crippen molar-refractivity contribution < 1.29 is 13.9 Å². The topological polar surface area (TPSA) is 86.3 Å². The molecule has 2 aromatic rings. The molecule has 3 rings (SSSR count). The summed E-state index contributed by atoms with van der Waals surface area (Å²) in [5.41, 5.74) is 0.658. The van der Waals surface area contributed by atoms with E-state index in [1.807, 2.05) is 13.8 Å². The molecule has 2 atom stereocenters. The fourth-order valence-corrected chi connectivity index (χ4v) is 3.53. The van der Waals surface area contributed by atoms with Gasteiger partial charge in [-0.2, -0.15) is 0 Å². The van der Waals surface area contributed by atoms with Gasteiger partial charge in [-0.3, -0.25) is 4.79 Å². The monoisotopic (exact) mass is 365 g/mol. The highest BCUT2D eigenvalue weighted by Gasteiger charge is 2.26. The van der Waals surface area contributed by atoms with Gasteiger partial charge >= 0.3 is 0 Å². The number of aromatic nitrogens is 3. The molecule has 1 fully saturated rings. The number of amides is 1. The number of hydrogen-bond acceptors (Lipinski definition) is 6. The summed E-state index contributed by atoms with van der Waals surface area (Å²) in [5, 5.41) is 8.49. The third-order valence-corrected chi connectivity index (χ3v) is 4.79. The van der Waals surface area contributed by atoms with Gasteiger partial charge in [0.05, 0.1) is 18.0 Å². The SMILES string of the molecule is CC1CN(C(=O)CSc2nnc(-c3ccc(F)cc3)n2N)CC(C)O1. The highest BCUT2D eigenvalue weighted by atomic mass is 32.2. The lowest BCUT2D eigenvalue weighted by Crippen LogP contribution is -2.48. The van der Waals surface area contributed by atoms with Gasteiger partial charge in [0.2, 0.25) is 11.1 Å². The molecule has 0 aliphatic carbocycles. The van der Waals surface area contributed by atoms with Gasteiger partial charge in [-0.25, -0.2) is 9.07 Å². The minimum atomic E-state index is -0.332. The number of benzene rings is 1. The number of carbonyl (C=O) groups is 1. The van der Waals surface area contributed by atoms with Crippen LogP contribution in [0.2, 0.25) is 0 Å². The number of nitrogens with two attached hydrogens (primary N) is 1. The van der Waals surface area contributed by atoms with Crippen LogP contribution >= 0.6 is 11.8 Å². The summed E-state index contributed by atoms with van der Waals surface area (Å²) in [6.45, 7) is 5.07. The molecule has 25 heavy (non-hydrogen) atoms. The van der Waals surface area contributed by atoms with Gasteiger partial charge in [-0.15, -0.1) is 10.2 Å². The lowest BCUT2D eigenvalue weighted by Gasteiger charge is -2.35. The number of hydrogen-bond donors (Lipinski definition) is 1. The van der Waals surface area contributed by atoms with Gasteiger partial charge < -0.3 is 15.5 Å². The zero-order chi connectivity index (χ0) is 18.0. The van der Waals surface area contributed by atoms with Gasteiger partial charge in [0, 0.05) is 18.7 Å². The lowest BCUT2D eigenvalue weighted by molar-refractivity contribution is -0.140. The fourth-order valence-electron chi connectivity index (χ4n) is 2.77. The van der Waals surface area contributed by atoms with Crippen LogP contribution in [-0.4, -0.2) is 56.7 Å². The molecule has 1 amide bonds. The third-order valence-electron chi connectivity index (χ3n) is 3.86. The second kappa shape index (κ2) is 7.40. The lowest BCUT2D eigenvalue weighted by atomic mass is 10.2. The molecule has 7 nitrogen and oxygen atoms in total. The Bertz CT molecular complexity index is 741. The Kier molecular flexibility index (Phi) is 5.24. The van der Waals surface area contributed by atoms with E-state index in [-0.39, 0.29) is 29.7 Å². The van der Waals surface area contributed by atoms with E-state index in [0.717, 1.165) is 0 Å². The molecule has 1 aliphatic rings. The van der Waals surface area contributed by atoms with Crippen molar-refractivity contribution in [2.75, 3.05) is 24.7 Å². The summed E-state index contributed by atoms with van der Waals surface area (Å²) in [7, 11) is 0. The summed E-state index contributed by atoms with van der Waals surface area (Å²) >= 11 is 1.23. The first-order valence-electron chi connectivity index (χ1n) is 7.96. The number of ether oxygens (including phenoxy) is 1. The summed E-state index contributed by atoms with van der Waals surface area (Å²) in [4.78, 5) is 14.2. The Morgan fingerprint density at radius 3 is 2.56 bits per heavy atom. The molecule has 1 aromatic heterocycles. The van der Waals surface area contributed by atoms with Crippen LogP contribution in [0.3, 0.4) is 0 Å². The first kappa shape index (κ1) is 17.7. The van der Waals surface area contributed by atoms with Crippen molar-refractivity contribution in [3.05, 3.63) is 30.1 Å². The number of thioether (sulfide) groups is 1. The van der Waals surface area contributed by atoms with Crippen molar-refractivity contribution in [2.24, 2.45) is 0 Å². The molecule has 0 radical (unpaired) electrons. The molecule has 0 saturated carbocycles. The molecule has 0 bridgehead atoms. The molecule has 1 saturated heterocycles. The molecule has 0 spiro atoms. The predicted octanol–water partition coefficient (Wildman–Crippen LogP) is 1.53. The normalized spacial score (nSPS) is 20.7. The molecule has 2 unspecified atom stereocenters. The first-order chi connectivity index (χ1) is 11.9. The average molecular weight is 365 g/mol. The molecule has 1 aliphatic heterocycles. The Morgan fingerprint density at radius 2 is 1.92 bits per heavy atom. The molecule has 134 valence electrons. The van der Waals surface area contributed by atoms with E-state index < -0.39 is 0 Å². The molecule has 9 heteroatoms. The average Bonchev–Trinajstić information content (AvgIpc) is 2.93. The van der Waals surface area contributed by atoms with Gasteiger partial charge in [0.1, 0.15) is 5.82 Å². The largest absolute Gasteiger partial charge is 0.372 e. The maximum absolute atomic E-state index is 13.0. The maximum atomic E-state index is 13.0. The first-order valence-corrected chi connectivity index (χ1v) is 8.95. The minimum Gasteiger partial charge on any atom is -0.372 e. The van der Waals surface area contributed by atoms with Crippen molar-refractivity contribution >= 4 is 17.7 Å². The van der Waals surface area contributed by atoms with Gasteiger partial charge in [-0.05, 0) is 38.1 Å². The fraction of sp³-hybridized carbons (Fsp3) is 0.438. The van der Waals surface area contributed by atoms with Crippen molar-refractivity contribution in [3.8, 4) is 11.4 Å². The van der Waals surface area contributed by atoms with E-state index in [0.29, 0.717) is 29.6 Å². The summed E-state index contributed by atoms with van der Waals surface area (Å²) in [6, 6.07) is 5.83. The quantitative estimate of drug-likeness (QED) is 0.653. The van der Waals surface area contributed by atoms with Gasteiger partial charge in [-0.1, -0.05) is 11.8 Å². The van der Waals surface area contributed by atoms with Gasteiger partial charge in [0.25, 0.3) is 0 Å². The Labute approximate surface area is 149 Å². The predicted molar refractivity (Wildman–Crippen MR) is 92.9 cm³/mol. The van der Waals surface area contributed by atoms with Crippen molar-refractivity contribution in [1.29, 1.82) is 0 Å². The van der Waals surface area contributed by atoms with Crippen LogP contribution in [0.4, 0.5) is 4.39 Å². The van der Waals surface area contributed by atoms with Crippen LogP contribution in [0, 0.1) is 5.82 Å². The summed E-state index contributed by atoms with van der Waals surface area (Å²) < 4.78 is 20.0. The van der Waals surface area contributed by atoms with E-state index in [1.54, 1.807) is 17.0 Å². The standard InChI is InChI=1S/C16H20FN5O2S/c1-10-7-21(8-11(2)24-10)14(23)9-25-16-20-19-15(22(16)18)12-3-5-13(17)6-4-12/h3-6,10-11H,7-9,18H2,1-2H3. The second-order valence-electron chi connectivity index (χ2n) is 6.03. The number of nitrogens with zero attached hydrogens (tertiary/aromatic N) is 4. The van der Waals surface area contributed by atoms with Crippen molar-refractivity contribution in [3.63, 3.8) is 0 Å².